The SMILES string of the molecule is COC(=O)Nc1ccc(N2C=CN(C)C2)cc1. The van der Waals surface area contributed by atoms with Crippen molar-refractivity contribution >= 4 is 17.5 Å². The standard InChI is InChI=1S/C12H15N3O2/c1-14-7-8-15(9-14)11-5-3-10(4-6-11)13-12(16)17-2/h3-8H,9H2,1-2H3,(H,13,16). The maximum Gasteiger partial charge on any atom is 0.411 e. The van der Waals surface area contributed by atoms with Crippen molar-refractivity contribution in [2.75, 3.05) is 31.0 Å². The van der Waals surface area contributed by atoms with Crippen molar-refractivity contribution in [2.24, 2.45) is 0 Å². The molecule has 2 rings (SSSR count). The first-order chi connectivity index (χ1) is 8.19. The average molecular weight is 233 g/mol. The Balaban J connectivity index is 2.03. The van der Waals surface area contributed by atoms with Crippen molar-refractivity contribution in [1.29, 1.82) is 0 Å². The molecule has 0 radical (unpaired) electrons. The average Bonchev–Trinajstić information content (AvgIpc) is 2.77. The number of carbonyl (C=O) groups excluding carboxylic acids is 1. The highest BCUT2D eigenvalue weighted by molar-refractivity contribution is 5.84. The predicted octanol–water partition coefficient (Wildman–Crippen LogP) is 2.05. The summed E-state index contributed by atoms with van der Waals surface area (Å²) < 4.78 is 4.52. The molecule has 1 aliphatic heterocycles. The van der Waals surface area contributed by atoms with E-state index in [2.05, 4.69) is 19.9 Å². The zero-order valence-electron chi connectivity index (χ0n) is 9.88. The minimum absolute atomic E-state index is 0.460. The smallest absolute Gasteiger partial charge is 0.411 e. The van der Waals surface area contributed by atoms with Crippen LogP contribution in [-0.2, 0) is 4.74 Å². The van der Waals surface area contributed by atoms with E-state index in [0.717, 1.165) is 18.0 Å². The lowest BCUT2D eigenvalue weighted by atomic mass is 10.2. The van der Waals surface area contributed by atoms with Crippen LogP contribution >= 0.6 is 0 Å². The van der Waals surface area contributed by atoms with E-state index >= 15 is 0 Å². The zero-order chi connectivity index (χ0) is 12.3. The Bertz CT molecular complexity index is 428. The molecule has 1 aliphatic rings. The van der Waals surface area contributed by atoms with E-state index in [1.165, 1.54) is 7.11 Å². The number of benzene rings is 1. The molecule has 1 aromatic rings. The van der Waals surface area contributed by atoms with E-state index in [9.17, 15) is 4.79 Å². The Hall–Kier alpha value is -2.17. The third-order valence-corrected chi connectivity index (χ3v) is 2.51. The van der Waals surface area contributed by atoms with Crippen molar-refractivity contribution in [3.05, 3.63) is 36.7 Å². The van der Waals surface area contributed by atoms with Crippen LogP contribution < -0.4 is 10.2 Å². The number of anilines is 2. The fourth-order valence-corrected chi connectivity index (χ4v) is 1.60. The highest BCUT2D eigenvalue weighted by Gasteiger charge is 2.10. The monoisotopic (exact) mass is 233 g/mol. The van der Waals surface area contributed by atoms with Crippen molar-refractivity contribution in [3.63, 3.8) is 0 Å². The van der Waals surface area contributed by atoms with E-state index < -0.39 is 6.09 Å². The van der Waals surface area contributed by atoms with Crippen LogP contribution in [0.4, 0.5) is 16.2 Å². The lowest BCUT2D eigenvalue weighted by Gasteiger charge is -2.18. The molecule has 0 atom stereocenters. The van der Waals surface area contributed by atoms with Gasteiger partial charge in [-0.2, -0.15) is 0 Å². The molecule has 1 aromatic carbocycles. The quantitative estimate of drug-likeness (QED) is 0.849. The highest BCUT2D eigenvalue weighted by Crippen LogP contribution is 2.20. The van der Waals surface area contributed by atoms with Gasteiger partial charge >= 0.3 is 6.09 Å². The third-order valence-electron chi connectivity index (χ3n) is 2.51. The molecule has 5 nitrogen and oxygen atoms in total. The van der Waals surface area contributed by atoms with Crippen LogP contribution in [0.2, 0.25) is 0 Å². The Morgan fingerprint density at radius 3 is 2.53 bits per heavy atom. The van der Waals surface area contributed by atoms with Crippen LogP contribution in [0.3, 0.4) is 0 Å². The second-order valence-corrected chi connectivity index (χ2v) is 3.83. The second kappa shape index (κ2) is 4.78. The minimum Gasteiger partial charge on any atom is -0.453 e. The molecule has 90 valence electrons. The molecular weight excluding hydrogens is 218 g/mol. The van der Waals surface area contributed by atoms with Gasteiger partial charge in [-0.1, -0.05) is 0 Å². The molecule has 1 N–H and O–H groups in total. The molecule has 0 unspecified atom stereocenters. The van der Waals surface area contributed by atoms with Gasteiger partial charge in [0.2, 0.25) is 0 Å². The van der Waals surface area contributed by atoms with Gasteiger partial charge in [-0.25, -0.2) is 4.79 Å². The van der Waals surface area contributed by atoms with Crippen molar-refractivity contribution < 1.29 is 9.53 Å². The van der Waals surface area contributed by atoms with Crippen LogP contribution in [0.5, 0.6) is 0 Å². The summed E-state index contributed by atoms with van der Waals surface area (Å²) in [5.41, 5.74) is 1.80. The molecule has 5 heteroatoms. The van der Waals surface area contributed by atoms with Gasteiger partial charge in [0.1, 0.15) is 0 Å². The molecule has 0 spiro atoms. The Kier molecular flexibility index (Phi) is 3.18. The molecule has 0 bridgehead atoms. The summed E-state index contributed by atoms with van der Waals surface area (Å²) in [6.45, 7) is 0.837. The fraction of sp³-hybridized carbons (Fsp3) is 0.250. The van der Waals surface area contributed by atoms with Crippen LogP contribution in [0, 0.1) is 0 Å². The van der Waals surface area contributed by atoms with Crippen molar-refractivity contribution in [2.45, 2.75) is 0 Å². The topological polar surface area (TPSA) is 44.8 Å². The number of nitrogens with one attached hydrogen (secondary N) is 1. The number of hydrogen-bond acceptors (Lipinski definition) is 4. The van der Waals surface area contributed by atoms with Gasteiger partial charge in [0.25, 0.3) is 0 Å². The maximum absolute atomic E-state index is 11.0. The maximum atomic E-state index is 11.0. The number of rotatable bonds is 2. The van der Waals surface area contributed by atoms with Crippen LogP contribution in [0.1, 0.15) is 0 Å². The van der Waals surface area contributed by atoms with Crippen LogP contribution in [-0.4, -0.2) is 31.8 Å². The molecular formula is C12H15N3O2. The van der Waals surface area contributed by atoms with Crippen molar-refractivity contribution in [3.8, 4) is 0 Å². The molecule has 0 saturated heterocycles. The number of methoxy groups -OCH3 is 1. The van der Waals surface area contributed by atoms with Crippen molar-refractivity contribution in [1.82, 2.24) is 4.90 Å². The summed E-state index contributed by atoms with van der Waals surface area (Å²) in [6.07, 6.45) is 3.57. The minimum atomic E-state index is -0.460. The van der Waals surface area contributed by atoms with Gasteiger partial charge in [-0.05, 0) is 24.3 Å². The van der Waals surface area contributed by atoms with Gasteiger partial charge in [0.05, 0.1) is 13.8 Å². The van der Waals surface area contributed by atoms with E-state index in [1.807, 2.05) is 43.7 Å². The largest absolute Gasteiger partial charge is 0.453 e. The van der Waals surface area contributed by atoms with Gasteiger partial charge < -0.3 is 14.5 Å². The zero-order valence-corrected chi connectivity index (χ0v) is 9.88. The normalized spacial score (nSPS) is 14.0. The Labute approximate surface area is 100 Å². The van der Waals surface area contributed by atoms with E-state index in [4.69, 9.17) is 0 Å². The summed E-state index contributed by atoms with van der Waals surface area (Å²) in [5, 5.41) is 2.61. The third kappa shape index (κ3) is 2.69. The second-order valence-electron chi connectivity index (χ2n) is 3.83. The summed E-state index contributed by atoms with van der Waals surface area (Å²) >= 11 is 0. The first kappa shape index (κ1) is 11.3. The molecule has 17 heavy (non-hydrogen) atoms. The molecule has 0 aromatic heterocycles. The summed E-state index contributed by atoms with van der Waals surface area (Å²) in [5.74, 6) is 0. The number of carbonyl (C=O) groups is 1. The number of amides is 1. The van der Waals surface area contributed by atoms with Crippen LogP contribution in [0.25, 0.3) is 0 Å². The first-order valence-corrected chi connectivity index (χ1v) is 5.29. The molecule has 1 heterocycles. The van der Waals surface area contributed by atoms with E-state index in [0.29, 0.717) is 0 Å². The van der Waals surface area contributed by atoms with Crippen LogP contribution in [0.15, 0.2) is 36.7 Å². The molecule has 1 amide bonds. The molecule has 0 saturated carbocycles. The predicted molar refractivity (Wildman–Crippen MR) is 66.7 cm³/mol. The summed E-state index contributed by atoms with van der Waals surface area (Å²) in [4.78, 5) is 15.2. The lowest BCUT2D eigenvalue weighted by molar-refractivity contribution is 0.187. The van der Waals surface area contributed by atoms with Gasteiger partial charge in [-0.3, -0.25) is 5.32 Å². The lowest BCUT2D eigenvalue weighted by Crippen LogP contribution is -2.21. The van der Waals surface area contributed by atoms with Gasteiger partial charge in [-0.15, -0.1) is 0 Å². The van der Waals surface area contributed by atoms with Gasteiger partial charge in [0, 0.05) is 30.8 Å². The van der Waals surface area contributed by atoms with E-state index in [1.54, 1.807) is 0 Å². The fourth-order valence-electron chi connectivity index (χ4n) is 1.60. The van der Waals surface area contributed by atoms with Gasteiger partial charge in [0.15, 0.2) is 0 Å². The number of nitrogens with zero attached hydrogens (tertiary/aromatic N) is 2. The number of ether oxygens (including phenoxy) is 1. The molecule has 0 fully saturated rings. The first-order valence-electron chi connectivity index (χ1n) is 5.29. The number of hydrogen-bond donors (Lipinski definition) is 1. The Morgan fingerprint density at radius 2 is 2.00 bits per heavy atom. The Morgan fingerprint density at radius 1 is 1.29 bits per heavy atom. The summed E-state index contributed by atoms with van der Waals surface area (Å²) in [6, 6.07) is 7.60. The summed E-state index contributed by atoms with van der Waals surface area (Å²) in [7, 11) is 3.36. The van der Waals surface area contributed by atoms with E-state index in [-0.39, 0.29) is 0 Å². The highest BCUT2D eigenvalue weighted by atomic mass is 16.5. The molecule has 0 aliphatic carbocycles.